The Morgan fingerprint density at radius 1 is 1.43 bits per heavy atom. The summed E-state index contributed by atoms with van der Waals surface area (Å²) in [5.41, 5.74) is 11.7. The molecule has 0 spiro atoms. The lowest BCUT2D eigenvalue weighted by Gasteiger charge is -2.33. The van der Waals surface area contributed by atoms with Crippen LogP contribution in [0.25, 0.3) is 0 Å². The van der Waals surface area contributed by atoms with Gasteiger partial charge in [0.2, 0.25) is 0 Å². The molecule has 0 radical (unpaired) electrons. The highest BCUT2D eigenvalue weighted by Gasteiger charge is 2.31. The van der Waals surface area contributed by atoms with Crippen molar-refractivity contribution in [3.05, 3.63) is 47.8 Å². The van der Waals surface area contributed by atoms with Gasteiger partial charge >= 0.3 is 0 Å². The van der Waals surface area contributed by atoms with Gasteiger partial charge in [-0.15, -0.1) is 11.8 Å². The monoisotopic (exact) mass is 402 g/mol. The smallest absolute Gasteiger partial charge is 0.146 e. The number of hydrogen-bond donors (Lipinski definition) is 3. The van der Waals surface area contributed by atoms with E-state index in [1.165, 1.54) is 4.90 Å². The van der Waals surface area contributed by atoms with E-state index in [1.54, 1.807) is 13.4 Å². The lowest BCUT2D eigenvalue weighted by Crippen LogP contribution is -2.39. The number of hydrazine groups is 1. The van der Waals surface area contributed by atoms with Crippen molar-refractivity contribution in [1.82, 2.24) is 15.4 Å². The lowest BCUT2D eigenvalue weighted by atomic mass is 9.97. The number of methoxy groups -OCH3 is 1. The molecule has 8 heteroatoms. The minimum absolute atomic E-state index is 0.262. The highest BCUT2D eigenvalue weighted by Crippen LogP contribution is 2.44. The molecule has 2 aliphatic rings. The van der Waals surface area contributed by atoms with Crippen molar-refractivity contribution in [3.63, 3.8) is 0 Å². The molecule has 3 rings (SSSR count). The van der Waals surface area contributed by atoms with E-state index in [1.807, 2.05) is 24.8 Å². The second-order valence-corrected chi connectivity index (χ2v) is 8.35. The van der Waals surface area contributed by atoms with Gasteiger partial charge in [0, 0.05) is 31.3 Å². The van der Waals surface area contributed by atoms with E-state index in [9.17, 15) is 0 Å². The molecule has 0 saturated carbocycles. The first-order valence-corrected chi connectivity index (χ1v) is 10.5. The number of anilines is 1. The van der Waals surface area contributed by atoms with Crippen molar-refractivity contribution in [1.29, 1.82) is 0 Å². The van der Waals surface area contributed by atoms with Crippen molar-refractivity contribution >= 4 is 17.6 Å². The van der Waals surface area contributed by atoms with Crippen LogP contribution in [-0.2, 0) is 11.2 Å². The summed E-state index contributed by atoms with van der Waals surface area (Å²) in [4.78, 5) is 12.8. The standard InChI is InChI=1S/C20H30N6OS/c1-4-15(9-16(21)13(2)27-3)18-10-17-19(28-18)20(24-12-23-17)26-7-5-14(6-8-26)11-25-22/h4,9,12,14,18,25H,2,5-8,10-11,21-22H2,1,3H3/b15-4+,16-9+. The van der Waals surface area contributed by atoms with Gasteiger partial charge < -0.3 is 15.4 Å². The van der Waals surface area contributed by atoms with Crippen LogP contribution in [0.3, 0.4) is 0 Å². The number of nitrogens with zero attached hydrogens (tertiary/aromatic N) is 3. The molecule has 7 nitrogen and oxygen atoms in total. The Hall–Kier alpha value is -2.03. The molecule has 0 aromatic carbocycles. The first kappa shape index (κ1) is 20.7. The Bertz CT molecular complexity index is 770. The summed E-state index contributed by atoms with van der Waals surface area (Å²) in [6, 6.07) is 0. The van der Waals surface area contributed by atoms with Crippen LogP contribution >= 0.6 is 11.8 Å². The zero-order valence-corrected chi connectivity index (χ0v) is 17.5. The molecule has 28 heavy (non-hydrogen) atoms. The summed E-state index contributed by atoms with van der Waals surface area (Å²) >= 11 is 1.82. The number of allylic oxidation sites excluding steroid dienone is 2. The average molecular weight is 403 g/mol. The number of nitrogens with two attached hydrogens (primary N) is 2. The van der Waals surface area contributed by atoms with Crippen LogP contribution < -0.4 is 21.9 Å². The van der Waals surface area contributed by atoms with Crippen LogP contribution in [0.2, 0.25) is 0 Å². The minimum atomic E-state index is 0.262. The van der Waals surface area contributed by atoms with Gasteiger partial charge in [-0.3, -0.25) is 11.3 Å². The van der Waals surface area contributed by atoms with Crippen LogP contribution in [0.4, 0.5) is 5.82 Å². The summed E-state index contributed by atoms with van der Waals surface area (Å²) in [6.45, 7) is 8.73. The normalized spacial score (nSPS) is 21.0. The van der Waals surface area contributed by atoms with Gasteiger partial charge in [-0.05, 0) is 37.3 Å². The maximum atomic E-state index is 6.10. The van der Waals surface area contributed by atoms with E-state index in [4.69, 9.17) is 16.3 Å². The van der Waals surface area contributed by atoms with Gasteiger partial charge in [-0.1, -0.05) is 12.7 Å². The number of fused-ring (bicyclic) bond motifs is 1. The predicted molar refractivity (Wildman–Crippen MR) is 115 cm³/mol. The highest BCUT2D eigenvalue weighted by atomic mass is 32.2. The fraction of sp³-hybridized carbons (Fsp3) is 0.500. The van der Waals surface area contributed by atoms with E-state index in [0.717, 1.165) is 56.0 Å². The number of piperidine rings is 1. The molecule has 152 valence electrons. The van der Waals surface area contributed by atoms with E-state index < -0.39 is 0 Å². The third-order valence-electron chi connectivity index (χ3n) is 5.41. The summed E-state index contributed by atoms with van der Waals surface area (Å²) in [7, 11) is 1.58. The number of nitrogens with one attached hydrogen (secondary N) is 1. The number of thioether (sulfide) groups is 1. The molecule has 2 aliphatic heterocycles. The van der Waals surface area contributed by atoms with E-state index >= 15 is 0 Å². The second kappa shape index (κ2) is 9.45. The van der Waals surface area contributed by atoms with Crippen molar-refractivity contribution in [2.45, 2.75) is 36.3 Å². The molecule has 1 saturated heterocycles. The highest BCUT2D eigenvalue weighted by molar-refractivity contribution is 8.00. The molecule has 1 aromatic heterocycles. The molecule has 1 aromatic rings. The number of aromatic nitrogens is 2. The largest absolute Gasteiger partial charge is 0.495 e. The fourth-order valence-electron chi connectivity index (χ4n) is 3.69. The molecule has 3 heterocycles. The Labute approximate surface area is 171 Å². The summed E-state index contributed by atoms with van der Waals surface area (Å²) in [5, 5.41) is 0.262. The Morgan fingerprint density at radius 3 is 2.82 bits per heavy atom. The number of rotatable bonds is 7. The Balaban J connectivity index is 1.75. The lowest BCUT2D eigenvalue weighted by molar-refractivity contribution is 0.302. The summed E-state index contributed by atoms with van der Waals surface area (Å²) in [5.74, 6) is 7.65. The van der Waals surface area contributed by atoms with E-state index in [-0.39, 0.29) is 5.25 Å². The fourth-order valence-corrected chi connectivity index (χ4v) is 5.12. The zero-order chi connectivity index (χ0) is 20.1. The first-order valence-electron chi connectivity index (χ1n) is 9.62. The van der Waals surface area contributed by atoms with Crippen LogP contribution in [-0.4, -0.2) is 42.0 Å². The third kappa shape index (κ3) is 4.51. The van der Waals surface area contributed by atoms with Crippen molar-refractivity contribution in [3.8, 4) is 0 Å². The molecular formula is C20H30N6OS. The minimum Gasteiger partial charge on any atom is -0.495 e. The maximum Gasteiger partial charge on any atom is 0.146 e. The van der Waals surface area contributed by atoms with Gasteiger partial charge in [0.1, 0.15) is 17.9 Å². The van der Waals surface area contributed by atoms with Gasteiger partial charge in [0.15, 0.2) is 0 Å². The Morgan fingerprint density at radius 2 is 2.18 bits per heavy atom. The summed E-state index contributed by atoms with van der Waals surface area (Å²) < 4.78 is 5.14. The van der Waals surface area contributed by atoms with Gasteiger partial charge in [-0.2, -0.15) is 0 Å². The van der Waals surface area contributed by atoms with Crippen molar-refractivity contribution in [2.75, 3.05) is 31.6 Å². The summed E-state index contributed by atoms with van der Waals surface area (Å²) in [6.07, 6.45) is 8.85. The van der Waals surface area contributed by atoms with Crippen molar-refractivity contribution in [2.24, 2.45) is 17.5 Å². The van der Waals surface area contributed by atoms with Gasteiger partial charge in [-0.25, -0.2) is 9.97 Å². The van der Waals surface area contributed by atoms with Gasteiger partial charge in [0.25, 0.3) is 0 Å². The number of hydrogen-bond acceptors (Lipinski definition) is 8. The second-order valence-electron chi connectivity index (χ2n) is 7.14. The molecule has 0 amide bonds. The van der Waals surface area contributed by atoms with Crippen LogP contribution in [0.15, 0.2) is 47.0 Å². The molecule has 1 atom stereocenters. The molecule has 5 N–H and O–H groups in total. The first-order chi connectivity index (χ1) is 13.6. The predicted octanol–water partition coefficient (Wildman–Crippen LogP) is 2.12. The average Bonchev–Trinajstić information content (AvgIpc) is 3.16. The molecule has 0 aliphatic carbocycles. The molecule has 1 fully saturated rings. The Kier molecular flexibility index (Phi) is 6.98. The van der Waals surface area contributed by atoms with Crippen LogP contribution in [0.5, 0.6) is 0 Å². The van der Waals surface area contributed by atoms with Gasteiger partial charge in [0.05, 0.1) is 23.4 Å². The molecular weight excluding hydrogens is 372 g/mol. The van der Waals surface area contributed by atoms with E-state index in [0.29, 0.717) is 17.4 Å². The topological polar surface area (TPSA) is 102 Å². The van der Waals surface area contributed by atoms with E-state index in [2.05, 4.69) is 32.9 Å². The third-order valence-corrected chi connectivity index (χ3v) is 6.79. The number of ether oxygens (including phenoxy) is 1. The zero-order valence-electron chi connectivity index (χ0n) is 16.6. The molecule has 0 bridgehead atoms. The van der Waals surface area contributed by atoms with Crippen molar-refractivity contribution < 1.29 is 4.74 Å². The molecule has 1 unspecified atom stereocenters. The quantitative estimate of drug-likeness (QED) is 0.276. The SMILES string of the molecule is C=C(OC)/C(N)=C\C(=C/C)C1Cc2ncnc(N3CCC(CNN)CC3)c2S1. The van der Waals surface area contributed by atoms with Crippen LogP contribution in [0, 0.1) is 5.92 Å². The van der Waals surface area contributed by atoms with Crippen LogP contribution in [0.1, 0.15) is 25.5 Å². The maximum absolute atomic E-state index is 6.10.